The molecule has 0 saturated carbocycles. The minimum Gasteiger partial charge on any atom is -0.337 e. The van der Waals surface area contributed by atoms with E-state index < -0.39 is 6.03 Å². The number of hydrogen-bond acceptors (Lipinski definition) is 4. The Morgan fingerprint density at radius 2 is 2.00 bits per heavy atom. The first-order valence-corrected chi connectivity index (χ1v) is 9.66. The van der Waals surface area contributed by atoms with E-state index in [2.05, 4.69) is 41.4 Å². The van der Waals surface area contributed by atoms with Crippen LogP contribution in [-0.2, 0) is 9.59 Å². The van der Waals surface area contributed by atoms with Crippen LogP contribution in [0.25, 0.3) is 0 Å². The van der Waals surface area contributed by atoms with E-state index in [-0.39, 0.29) is 30.8 Å². The minimum atomic E-state index is -0.471. The summed E-state index contributed by atoms with van der Waals surface area (Å²) in [5, 5.41) is 2.27. The van der Waals surface area contributed by atoms with E-state index in [4.69, 9.17) is 0 Å². The Labute approximate surface area is 160 Å². The van der Waals surface area contributed by atoms with E-state index in [1.807, 2.05) is 17.9 Å². The molecule has 0 bridgehead atoms. The molecule has 1 aromatic carbocycles. The highest BCUT2D eigenvalue weighted by Gasteiger charge is 2.34. The summed E-state index contributed by atoms with van der Waals surface area (Å²) in [5.74, 6) is -0.335. The summed E-state index contributed by atoms with van der Waals surface area (Å²) in [6.07, 6.45) is 1.18. The Kier molecular flexibility index (Phi) is 6.11. The molecule has 0 spiro atoms. The van der Waals surface area contributed by atoms with E-state index in [1.165, 1.54) is 10.5 Å². The number of nitrogens with zero attached hydrogens (tertiary/aromatic N) is 3. The van der Waals surface area contributed by atoms with Gasteiger partial charge in [0, 0.05) is 44.7 Å². The molecule has 0 aromatic heterocycles. The fraction of sp³-hybridized carbons (Fsp3) is 0.550. The zero-order chi connectivity index (χ0) is 19.4. The molecule has 1 aromatic rings. The molecule has 2 aliphatic heterocycles. The number of urea groups is 1. The van der Waals surface area contributed by atoms with Gasteiger partial charge >= 0.3 is 6.03 Å². The second-order valence-electron chi connectivity index (χ2n) is 7.23. The van der Waals surface area contributed by atoms with Gasteiger partial charge in [-0.3, -0.25) is 19.8 Å². The fourth-order valence-corrected chi connectivity index (χ4v) is 3.96. The molecule has 7 nitrogen and oxygen atoms in total. The number of benzene rings is 1. The summed E-state index contributed by atoms with van der Waals surface area (Å²) < 4.78 is 0. The summed E-state index contributed by atoms with van der Waals surface area (Å²) in [5.41, 5.74) is 1.28. The van der Waals surface area contributed by atoms with Crippen LogP contribution < -0.4 is 5.32 Å². The Morgan fingerprint density at radius 3 is 2.67 bits per heavy atom. The van der Waals surface area contributed by atoms with Crippen LogP contribution in [0.4, 0.5) is 4.79 Å². The van der Waals surface area contributed by atoms with Gasteiger partial charge in [-0.1, -0.05) is 30.3 Å². The zero-order valence-electron chi connectivity index (χ0n) is 16.1. The van der Waals surface area contributed by atoms with Gasteiger partial charge < -0.3 is 9.80 Å². The smallest absolute Gasteiger partial charge is 0.324 e. The van der Waals surface area contributed by atoms with Crippen LogP contribution in [0.1, 0.15) is 38.3 Å². The predicted molar refractivity (Wildman–Crippen MR) is 102 cm³/mol. The van der Waals surface area contributed by atoms with Crippen molar-refractivity contribution in [1.82, 2.24) is 20.0 Å². The standard InChI is InChI=1S/C20H28N4O3/c1-3-24(19(26)14-23-12-10-18(25)21-20(23)27)17-9-11-22(13-17)15(2)16-7-5-4-6-8-16/h4-8,15,17H,3,9-14H2,1-2H3,(H,21,25,27). The second kappa shape index (κ2) is 8.52. The normalized spacial score (nSPS) is 21.9. The quantitative estimate of drug-likeness (QED) is 0.823. The highest BCUT2D eigenvalue weighted by Crippen LogP contribution is 2.26. The summed E-state index contributed by atoms with van der Waals surface area (Å²) >= 11 is 0. The first kappa shape index (κ1) is 19.4. The third kappa shape index (κ3) is 4.47. The lowest BCUT2D eigenvalue weighted by Gasteiger charge is -2.32. The van der Waals surface area contributed by atoms with Crippen molar-refractivity contribution in [2.24, 2.45) is 0 Å². The van der Waals surface area contributed by atoms with Gasteiger partial charge in [-0.15, -0.1) is 0 Å². The number of hydrogen-bond donors (Lipinski definition) is 1. The number of imide groups is 1. The monoisotopic (exact) mass is 372 g/mol. The molecule has 27 heavy (non-hydrogen) atoms. The van der Waals surface area contributed by atoms with Gasteiger partial charge in [-0.05, 0) is 25.8 Å². The lowest BCUT2D eigenvalue weighted by atomic mass is 10.1. The molecule has 2 atom stereocenters. The van der Waals surface area contributed by atoms with Crippen molar-refractivity contribution in [1.29, 1.82) is 0 Å². The average molecular weight is 372 g/mol. The van der Waals surface area contributed by atoms with Crippen molar-refractivity contribution < 1.29 is 14.4 Å². The van der Waals surface area contributed by atoms with Crippen molar-refractivity contribution in [3.05, 3.63) is 35.9 Å². The molecular weight excluding hydrogens is 344 g/mol. The SMILES string of the molecule is CCN(C(=O)CN1CCC(=O)NC1=O)C1CCN(C(C)c2ccccc2)C1. The van der Waals surface area contributed by atoms with Crippen LogP contribution >= 0.6 is 0 Å². The maximum Gasteiger partial charge on any atom is 0.324 e. The molecule has 2 unspecified atom stereocenters. The third-order valence-corrected chi connectivity index (χ3v) is 5.59. The minimum absolute atomic E-state index is 0.0255. The third-order valence-electron chi connectivity index (χ3n) is 5.59. The molecule has 1 N–H and O–H groups in total. The van der Waals surface area contributed by atoms with Gasteiger partial charge in [0.25, 0.3) is 0 Å². The van der Waals surface area contributed by atoms with Crippen molar-refractivity contribution in [3.63, 3.8) is 0 Å². The highest BCUT2D eigenvalue weighted by molar-refractivity contribution is 5.98. The molecule has 2 heterocycles. The Hall–Kier alpha value is -2.41. The molecule has 146 valence electrons. The highest BCUT2D eigenvalue weighted by atomic mass is 16.2. The number of likely N-dealkylation sites (tertiary alicyclic amines) is 1. The summed E-state index contributed by atoms with van der Waals surface area (Å²) in [6.45, 7) is 6.90. The van der Waals surface area contributed by atoms with E-state index in [0.29, 0.717) is 19.1 Å². The molecule has 2 aliphatic rings. The summed E-state index contributed by atoms with van der Waals surface area (Å²) in [6, 6.07) is 10.4. The number of nitrogens with one attached hydrogen (secondary N) is 1. The Bertz CT molecular complexity index is 694. The summed E-state index contributed by atoms with van der Waals surface area (Å²) in [7, 11) is 0. The van der Waals surface area contributed by atoms with Gasteiger partial charge in [-0.25, -0.2) is 4.79 Å². The zero-order valence-corrected chi connectivity index (χ0v) is 16.1. The lowest BCUT2D eigenvalue weighted by molar-refractivity contribution is -0.134. The van der Waals surface area contributed by atoms with Crippen molar-refractivity contribution >= 4 is 17.8 Å². The largest absolute Gasteiger partial charge is 0.337 e. The summed E-state index contributed by atoms with van der Waals surface area (Å²) in [4.78, 5) is 41.7. The number of carbonyl (C=O) groups is 3. The van der Waals surface area contributed by atoms with Crippen LogP contribution in [-0.4, -0.2) is 71.3 Å². The van der Waals surface area contributed by atoms with Gasteiger partial charge in [-0.2, -0.15) is 0 Å². The van der Waals surface area contributed by atoms with Crippen LogP contribution in [0, 0.1) is 0 Å². The number of carbonyl (C=O) groups excluding carboxylic acids is 3. The van der Waals surface area contributed by atoms with Crippen LogP contribution in [0.3, 0.4) is 0 Å². The van der Waals surface area contributed by atoms with E-state index in [9.17, 15) is 14.4 Å². The van der Waals surface area contributed by atoms with Crippen LogP contribution in [0.15, 0.2) is 30.3 Å². The number of rotatable bonds is 6. The first-order chi connectivity index (χ1) is 13.0. The molecule has 2 fully saturated rings. The predicted octanol–water partition coefficient (Wildman–Crippen LogP) is 1.61. The van der Waals surface area contributed by atoms with Crippen molar-refractivity contribution in [3.8, 4) is 0 Å². The van der Waals surface area contributed by atoms with Crippen LogP contribution in [0.5, 0.6) is 0 Å². The maximum absolute atomic E-state index is 12.8. The molecule has 2 saturated heterocycles. The van der Waals surface area contributed by atoms with Gasteiger partial charge in [0.2, 0.25) is 11.8 Å². The molecule has 3 rings (SSSR count). The average Bonchev–Trinajstić information content (AvgIpc) is 3.14. The topological polar surface area (TPSA) is 73.0 Å². The fourth-order valence-electron chi connectivity index (χ4n) is 3.96. The van der Waals surface area contributed by atoms with Gasteiger partial charge in [0.15, 0.2) is 0 Å². The number of likely N-dealkylation sites (N-methyl/N-ethyl adjacent to an activating group) is 1. The van der Waals surface area contributed by atoms with E-state index >= 15 is 0 Å². The van der Waals surface area contributed by atoms with Crippen molar-refractivity contribution in [2.45, 2.75) is 38.8 Å². The molecular formula is C20H28N4O3. The Balaban J connectivity index is 1.58. The van der Waals surface area contributed by atoms with E-state index in [1.54, 1.807) is 0 Å². The second-order valence-corrected chi connectivity index (χ2v) is 7.23. The lowest BCUT2D eigenvalue weighted by Crippen LogP contribution is -2.54. The first-order valence-electron chi connectivity index (χ1n) is 9.66. The Morgan fingerprint density at radius 1 is 1.26 bits per heavy atom. The van der Waals surface area contributed by atoms with E-state index in [0.717, 1.165) is 19.5 Å². The molecule has 4 amide bonds. The molecule has 7 heteroatoms. The van der Waals surface area contributed by atoms with Gasteiger partial charge in [0.05, 0.1) is 0 Å². The van der Waals surface area contributed by atoms with Gasteiger partial charge in [0.1, 0.15) is 6.54 Å². The van der Waals surface area contributed by atoms with Crippen LogP contribution in [0.2, 0.25) is 0 Å². The number of amides is 4. The van der Waals surface area contributed by atoms with Crippen molar-refractivity contribution in [2.75, 3.05) is 32.7 Å². The molecule has 0 radical (unpaired) electrons. The maximum atomic E-state index is 12.8. The molecule has 0 aliphatic carbocycles.